The summed E-state index contributed by atoms with van der Waals surface area (Å²) in [4.78, 5) is 16.9. The molecule has 4 rings (SSSR count). The van der Waals surface area contributed by atoms with Gasteiger partial charge >= 0.3 is 0 Å². The summed E-state index contributed by atoms with van der Waals surface area (Å²) in [5.74, 6) is 2.14. The van der Waals surface area contributed by atoms with Crippen molar-refractivity contribution in [1.29, 1.82) is 0 Å². The van der Waals surface area contributed by atoms with Gasteiger partial charge in [-0.15, -0.1) is 0 Å². The number of hydrogen-bond donors (Lipinski definition) is 0. The molecule has 0 atom stereocenters. The summed E-state index contributed by atoms with van der Waals surface area (Å²) in [5.41, 5.74) is 1.48. The molecule has 0 fully saturated rings. The Morgan fingerprint density at radius 1 is 1.04 bits per heavy atom. The molecule has 0 aliphatic heterocycles. The molecule has 0 spiro atoms. The van der Waals surface area contributed by atoms with Gasteiger partial charge in [0.2, 0.25) is 11.7 Å². The summed E-state index contributed by atoms with van der Waals surface area (Å²) in [6.07, 6.45) is 8.52. The summed E-state index contributed by atoms with van der Waals surface area (Å²) in [6, 6.07) is 7.29. The lowest BCUT2D eigenvalue weighted by atomic mass is 10.2. The van der Waals surface area contributed by atoms with Gasteiger partial charge in [-0.3, -0.25) is 4.57 Å². The molecule has 0 aliphatic rings. The average molecular weight is 320 g/mol. The molecule has 0 aliphatic carbocycles. The van der Waals surface area contributed by atoms with Crippen LogP contribution in [0.4, 0.5) is 0 Å². The van der Waals surface area contributed by atoms with Gasteiger partial charge in [0.15, 0.2) is 0 Å². The van der Waals surface area contributed by atoms with Crippen LogP contribution < -0.4 is 4.74 Å². The van der Waals surface area contributed by atoms with E-state index in [1.807, 2.05) is 29.0 Å². The topological polar surface area (TPSA) is 91.8 Å². The standard InChI is InChI=1S/C16H12N6O2/c1-23-14-5-3-11(8-19-14)15-20-16(24-21-15)12-2-4-13(18-9-12)22-7-6-17-10-22/h2-10H,1H3. The van der Waals surface area contributed by atoms with Gasteiger partial charge in [-0.1, -0.05) is 5.16 Å². The first-order valence-corrected chi connectivity index (χ1v) is 7.12. The number of ether oxygens (including phenoxy) is 1. The number of pyridine rings is 2. The van der Waals surface area contributed by atoms with Crippen molar-refractivity contribution in [2.75, 3.05) is 7.11 Å². The molecular weight excluding hydrogens is 308 g/mol. The molecule has 8 heteroatoms. The molecule has 0 saturated carbocycles. The van der Waals surface area contributed by atoms with Crippen molar-refractivity contribution in [3.63, 3.8) is 0 Å². The second-order valence-electron chi connectivity index (χ2n) is 4.89. The van der Waals surface area contributed by atoms with Gasteiger partial charge in [0.1, 0.15) is 12.1 Å². The number of imidazole rings is 1. The zero-order chi connectivity index (χ0) is 16.4. The van der Waals surface area contributed by atoms with Gasteiger partial charge in [0, 0.05) is 36.4 Å². The number of nitrogens with zero attached hydrogens (tertiary/aromatic N) is 6. The van der Waals surface area contributed by atoms with E-state index in [1.54, 1.807) is 38.1 Å². The van der Waals surface area contributed by atoms with Crippen LogP contribution in [0.1, 0.15) is 0 Å². The van der Waals surface area contributed by atoms with E-state index >= 15 is 0 Å². The Kier molecular flexibility index (Phi) is 3.47. The summed E-state index contributed by atoms with van der Waals surface area (Å²) >= 11 is 0. The zero-order valence-electron chi connectivity index (χ0n) is 12.7. The molecule has 0 aromatic carbocycles. The SMILES string of the molecule is COc1ccc(-c2noc(-c3ccc(-n4ccnc4)nc3)n2)cn1. The fourth-order valence-electron chi connectivity index (χ4n) is 2.15. The van der Waals surface area contributed by atoms with Crippen LogP contribution >= 0.6 is 0 Å². The molecule has 0 bridgehead atoms. The highest BCUT2D eigenvalue weighted by Crippen LogP contribution is 2.22. The van der Waals surface area contributed by atoms with Crippen LogP contribution in [0.2, 0.25) is 0 Å². The molecule has 4 aromatic rings. The Hall–Kier alpha value is -3.55. The van der Waals surface area contributed by atoms with Crippen LogP contribution in [0.5, 0.6) is 5.88 Å². The van der Waals surface area contributed by atoms with Gasteiger partial charge in [-0.05, 0) is 18.2 Å². The molecule has 0 amide bonds. The van der Waals surface area contributed by atoms with E-state index in [0.29, 0.717) is 17.6 Å². The minimum atomic E-state index is 0.394. The van der Waals surface area contributed by atoms with Crippen LogP contribution in [0.15, 0.2) is 59.9 Å². The molecule has 0 N–H and O–H groups in total. The summed E-state index contributed by atoms with van der Waals surface area (Å²) in [5, 5.41) is 3.98. The third-order valence-electron chi connectivity index (χ3n) is 3.39. The van der Waals surface area contributed by atoms with Crippen molar-refractivity contribution < 1.29 is 9.26 Å². The molecule has 0 saturated heterocycles. The first-order valence-electron chi connectivity index (χ1n) is 7.12. The van der Waals surface area contributed by atoms with Gasteiger partial charge in [-0.25, -0.2) is 15.0 Å². The Balaban J connectivity index is 1.60. The predicted molar refractivity (Wildman–Crippen MR) is 84.4 cm³/mol. The highest BCUT2D eigenvalue weighted by molar-refractivity contribution is 5.59. The van der Waals surface area contributed by atoms with Crippen molar-refractivity contribution in [3.05, 3.63) is 55.4 Å². The minimum absolute atomic E-state index is 0.394. The van der Waals surface area contributed by atoms with E-state index in [4.69, 9.17) is 9.26 Å². The Morgan fingerprint density at radius 2 is 1.92 bits per heavy atom. The van der Waals surface area contributed by atoms with E-state index in [-0.39, 0.29) is 0 Å². The molecular formula is C16H12N6O2. The second kappa shape index (κ2) is 5.92. The van der Waals surface area contributed by atoms with Crippen molar-refractivity contribution in [3.8, 4) is 34.5 Å². The average Bonchev–Trinajstić information content (AvgIpc) is 3.34. The van der Waals surface area contributed by atoms with Gasteiger partial charge in [0.25, 0.3) is 5.89 Å². The molecule has 24 heavy (non-hydrogen) atoms. The fraction of sp³-hybridized carbons (Fsp3) is 0.0625. The summed E-state index contributed by atoms with van der Waals surface area (Å²) in [6.45, 7) is 0. The second-order valence-corrected chi connectivity index (χ2v) is 4.89. The molecule has 0 unspecified atom stereocenters. The van der Waals surface area contributed by atoms with Crippen molar-refractivity contribution in [1.82, 2.24) is 29.7 Å². The Morgan fingerprint density at radius 3 is 2.58 bits per heavy atom. The highest BCUT2D eigenvalue weighted by Gasteiger charge is 2.12. The third kappa shape index (κ3) is 2.60. The number of hydrogen-bond acceptors (Lipinski definition) is 7. The van der Waals surface area contributed by atoms with E-state index < -0.39 is 0 Å². The summed E-state index contributed by atoms with van der Waals surface area (Å²) in [7, 11) is 1.56. The first kappa shape index (κ1) is 14.1. The normalized spacial score (nSPS) is 10.7. The Bertz CT molecular complexity index is 930. The van der Waals surface area contributed by atoms with Gasteiger partial charge in [0.05, 0.1) is 12.7 Å². The number of methoxy groups -OCH3 is 1. The highest BCUT2D eigenvalue weighted by atomic mass is 16.5. The van der Waals surface area contributed by atoms with Crippen LogP contribution in [-0.4, -0.2) is 36.8 Å². The molecule has 8 nitrogen and oxygen atoms in total. The van der Waals surface area contributed by atoms with Crippen LogP contribution in [0.3, 0.4) is 0 Å². The Labute approximate surface area is 136 Å². The van der Waals surface area contributed by atoms with Crippen LogP contribution in [0.25, 0.3) is 28.7 Å². The van der Waals surface area contributed by atoms with Crippen molar-refractivity contribution in [2.24, 2.45) is 0 Å². The maximum atomic E-state index is 5.31. The maximum absolute atomic E-state index is 5.31. The third-order valence-corrected chi connectivity index (χ3v) is 3.39. The molecule has 118 valence electrons. The maximum Gasteiger partial charge on any atom is 0.259 e. The number of aromatic nitrogens is 6. The largest absolute Gasteiger partial charge is 0.481 e. The van der Waals surface area contributed by atoms with Crippen molar-refractivity contribution >= 4 is 0 Å². The van der Waals surface area contributed by atoms with Crippen molar-refractivity contribution in [2.45, 2.75) is 0 Å². The van der Waals surface area contributed by atoms with Crippen LogP contribution in [-0.2, 0) is 0 Å². The molecule has 4 heterocycles. The number of rotatable bonds is 4. The van der Waals surface area contributed by atoms with Gasteiger partial charge in [-0.2, -0.15) is 4.98 Å². The van der Waals surface area contributed by atoms with Crippen LogP contribution in [0, 0.1) is 0 Å². The fourth-order valence-corrected chi connectivity index (χ4v) is 2.15. The minimum Gasteiger partial charge on any atom is -0.481 e. The smallest absolute Gasteiger partial charge is 0.259 e. The van der Waals surface area contributed by atoms with E-state index in [2.05, 4.69) is 25.1 Å². The van der Waals surface area contributed by atoms with Gasteiger partial charge < -0.3 is 9.26 Å². The lowest BCUT2D eigenvalue weighted by Gasteiger charge is -2.00. The lowest BCUT2D eigenvalue weighted by Crippen LogP contribution is -1.93. The van der Waals surface area contributed by atoms with E-state index in [0.717, 1.165) is 16.9 Å². The zero-order valence-corrected chi connectivity index (χ0v) is 12.7. The lowest BCUT2D eigenvalue weighted by molar-refractivity contribution is 0.398. The molecule has 0 radical (unpaired) electrons. The first-order chi connectivity index (χ1) is 11.8. The predicted octanol–water partition coefficient (Wildman–Crippen LogP) is 2.39. The summed E-state index contributed by atoms with van der Waals surface area (Å²) < 4.78 is 12.2. The van der Waals surface area contributed by atoms with E-state index in [9.17, 15) is 0 Å². The monoisotopic (exact) mass is 320 g/mol. The quantitative estimate of drug-likeness (QED) is 0.570. The molecule has 4 aromatic heterocycles. The van der Waals surface area contributed by atoms with E-state index in [1.165, 1.54) is 0 Å².